The van der Waals surface area contributed by atoms with Gasteiger partial charge in [-0.15, -0.1) is 5.10 Å². The molecule has 1 aromatic heterocycles. The summed E-state index contributed by atoms with van der Waals surface area (Å²) in [5, 5.41) is 20.7. The van der Waals surface area contributed by atoms with Crippen LogP contribution in [0.15, 0.2) is 0 Å². The van der Waals surface area contributed by atoms with Gasteiger partial charge in [0.05, 0.1) is 12.2 Å². The zero-order valence-corrected chi connectivity index (χ0v) is 12.3. The van der Waals surface area contributed by atoms with Gasteiger partial charge >= 0.3 is 5.97 Å². The number of nitrogens with one attached hydrogen (secondary N) is 1. The van der Waals surface area contributed by atoms with E-state index >= 15 is 0 Å². The zero-order valence-electron chi connectivity index (χ0n) is 12.3. The van der Waals surface area contributed by atoms with Crippen LogP contribution in [0.4, 0.5) is 0 Å². The van der Waals surface area contributed by atoms with E-state index in [1.807, 2.05) is 4.68 Å². The number of aromatic nitrogens is 3. The molecule has 0 amide bonds. The molecule has 0 unspecified atom stereocenters. The van der Waals surface area contributed by atoms with E-state index in [0.29, 0.717) is 0 Å². The molecule has 0 aliphatic carbocycles. The molecule has 3 rings (SSSR count). The van der Waals surface area contributed by atoms with Crippen LogP contribution in [-0.2, 0) is 6.54 Å². The van der Waals surface area contributed by atoms with Crippen molar-refractivity contribution in [2.45, 2.75) is 38.1 Å². The Balaban J connectivity index is 1.76. The first-order valence-electron chi connectivity index (χ1n) is 7.85. The van der Waals surface area contributed by atoms with Crippen molar-refractivity contribution in [3.8, 4) is 0 Å². The van der Waals surface area contributed by atoms with E-state index in [0.717, 1.165) is 57.8 Å². The van der Waals surface area contributed by atoms with Crippen molar-refractivity contribution in [3.05, 3.63) is 11.4 Å². The lowest BCUT2D eigenvalue weighted by atomic mass is 9.93. The fourth-order valence-corrected chi connectivity index (χ4v) is 3.38. The fourth-order valence-electron chi connectivity index (χ4n) is 3.38. The van der Waals surface area contributed by atoms with Crippen LogP contribution < -0.4 is 5.32 Å². The highest BCUT2D eigenvalue weighted by Crippen LogP contribution is 2.27. The predicted octanol–water partition coefficient (Wildman–Crippen LogP) is 0.539. The quantitative estimate of drug-likeness (QED) is 0.824. The molecule has 7 nitrogen and oxygen atoms in total. The first kappa shape index (κ1) is 14.5. The van der Waals surface area contributed by atoms with Gasteiger partial charge in [0.2, 0.25) is 0 Å². The average Bonchev–Trinajstić information content (AvgIpc) is 3.15. The highest BCUT2D eigenvalue weighted by Gasteiger charge is 2.27. The summed E-state index contributed by atoms with van der Waals surface area (Å²) in [5.41, 5.74) is 0.964. The maximum Gasteiger partial charge on any atom is 0.358 e. The van der Waals surface area contributed by atoms with Crippen LogP contribution in [0.3, 0.4) is 0 Å². The van der Waals surface area contributed by atoms with Crippen LogP contribution in [-0.4, -0.2) is 63.7 Å². The summed E-state index contributed by atoms with van der Waals surface area (Å²) in [6.07, 6.45) is 4.44. The van der Waals surface area contributed by atoms with Crippen LogP contribution in [0.1, 0.15) is 47.8 Å². The van der Waals surface area contributed by atoms with Crippen molar-refractivity contribution in [2.24, 2.45) is 0 Å². The van der Waals surface area contributed by atoms with Crippen molar-refractivity contribution < 1.29 is 9.90 Å². The van der Waals surface area contributed by atoms with E-state index in [2.05, 4.69) is 20.5 Å². The number of nitrogens with zero attached hydrogens (tertiary/aromatic N) is 4. The third-order valence-electron chi connectivity index (χ3n) is 4.53. The molecular formula is C14H23N5O2. The first-order chi connectivity index (χ1) is 10.3. The third kappa shape index (κ3) is 3.24. The molecule has 1 aromatic rings. The van der Waals surface area contributed by atoms with Crippen LogP contribution in [0, 0.1) is 0 Å². The van der Waals surface area contributed by atoms with Gasteiger partial charge in [0, 0.05) is 12.5 Å². The number of rotatable bonds is 5. The minimum absolute atomic E-state index is 0.142. The molecule has 2 aliphatic heterocycles. The average molecular weight is 293 g/mol. The molecule has 0 saturated carbocycles. The summed E-state index contributed by atoms with van der Waals surface area (Å²) < 4.78 is 1.83. The molecule has 2 saturated heterocycles. The van der Waals surface area contributed by atoms with Crippen molar-refractivity contribution >= 4 is 5.97 Å². The number of piperidine rings is 1. The molecule has 2 fully saturated rings. The fraction of sp³-hybridized carbons (Fsp3) is 0.786. The Morgan fingerprint density at radius 2 is 1.95 bits per heavy atom. The first-order valence-corrected chi connectivity index (χ1v) is 7.85. The Morgan fingerprint density at radius 1 is 1.24 bits per heavy atom. The summed E-state index contributed by atoms with van der Waals surface area (Å²) in [6.45, 7) is 5.81. The van der Waals surface area contributed by atoms with Crippen molar-refractivity contribution in [3.63, 3.8) is 0 Å². The summed E-state index contributed by atoms with van der Waals surface area (Å²) in [4.78, 5) is 13.8. The van der Waals surface area contributed by atoms with Gasteiger partial charge in [-0.1, -0.05) is 5.21 Å². The van der Waals surface area contributed by atoms with Gasteiger partial charge in [0.15, 0.2) is 5.69 Å². The molecule has 0 bridgehead atoms. The maximum atomic E-state index is 11.4. The topological polar surface area (TPSA) is 83.3 Å². The summed E-state index contributed by atoms with van der Waals surface area (Å²) in [5.74, 6) is -0.707. The van der Waals surface area contributed by atoms with Crippen LogP contribution >= 0.6 is 0 Å². The zero-order chi connectivity index (χ0) is 14.7. The van der Waals surface area contributed by atoms with Gasteiger partial charge in [-0.2, -0.15) is 0 Å². The Kier molecular flexibility index (Phi) is 4.50. The molecule has 0 aromatic carbocycles. The molecule has 0 spiro atoms. The normalized spacial score (nSPS) is 21.0. The number of hydrogen-bond acceptors (Lipinski definition) is 5. The van der Waals surface area contributed by atoms with Crippen LogP contribution in [0.25, 0.3) is 0 Å². The Morgan fingerprint density at radius 3 is 2.62 bits per heavy atom. The lowest BCUT2D eigenvalue weighted by molar-refractivity contribution is 0.0688. The highest BCUT2D eigenvalue weighted by molar-refractivity contribution is 5.86. The molecule has 2 N–H and O–H groups in total. The minimum Gasteiger partial charge on any atom is -0.476 e. The monoisotopic (exact) mass is 293 g/mol. The van der Waals surface area contributed by atoms with E-state index in [9.17, 15) is 9.90 Å². The highest BCUT2D eigenvalue weighted by atomic mass is 16.4. The summed E-state index contributed by atoms with van der Waals surface area (Å²) in [6, 6.07) is 0. The van der Waals surface area contributed by atoms with Gasteiger partial charge < -0.3 is 15.3 Å². The van der Waals surface area contributed by atoms with E-state index in [-0.39, 0.29) is 11.6 Å². The number of likely N-dealkylation sites (tertiary alicyclic amines) is 1. The maximum absolute atomic E-state index is 11.4. The van der Waals surface area contributed by atoms with Gasteiger partial charge in [0.25, 0.3) is 0 Å². The molecule has 3 heterocycles. The van der Waals surface area contributed by atoms with Crippen molar-refractivity contribution in [2.75, 3.05) is 32.7 Å². The standard InChI is InChI=1S/C14H23N5O2/c20-14(21)12-13(11-3-5-15-6-4-11)19(17-16-12)10-9-18-7-1-2-8-18/h11,15H,1-10H2,(H,20,21). The Hall–Kier alpha value is -1.47. The van der Waals surface area contributed by atoms with Gasteiger partial charge in [0.1, 0.15) is 0 Å². The molecule has 116 valence electrons. The Bertz CT molecular complexity index is 490. The smallest absolute Gasteiger partial charge is 0.358 e. The van der Waals surface area contributed by atoms with Crippen molar-refractivity contribution in [1.82, 2.24) is 25.2 Å². The summed E-state index contributed by atoms with van der Waals surface area (Å²) >= 11 is 0. The number of aromatic carboxylic acids is 1. The summed E-state index contributed by atoms with van der Waals surface area (Å²) in [7, 11) is 0. The van der Waals surface area contributed by atoms with Gasteiger partial charge in [-0.25, -0.2) is 9.48 Å². The van der Waals surface area contributed by atoms with Gasteiger partial charge in [-0.3, -0.25) is 0 Å². The molecule has 2 aliphatic rings. The number of carbonyl (C=O) groups is 1. The second-order valence-electron chi connectivity index (χ2n) is 5.92. The molecule has 7 heteroatoms. The van der Waals surface area contributed by atoms with E-state index < -0.39 is 5.97 Å². The van der Waals surface area contributed by atoms with E-state index in [1.54, 1.807) is 0 Å². The lowest BCUT2D eigenvalue weighted by Gasteiger charge is -2.24. The lowest BCUT2D eigenvalue weighted by Crippen LogP contribution is -2.30. The van der Waals surface area contributed by atoms with Crippen LogP contribution in [0.2, 0.25) is 0 Å². The van der Waals surface area contributed by atoms with E-state index in [4.69, 9.17) is 0 Å². The SMILES string of the molecule is O=C(O)c1nnn(CCN2CCCC2)c1C1CCNCC1. The Labute approximate surface area is 124 Å². The third-order valence-corrected chi connectivity index (χ3v) is 4.53. The van der Waals surface area contributed by atoms with Crippen molar-refractivity contribution in [1.29, 1.82) is 0 Å². The number of carboxylic acids is 1. The molecule has 21 heavy (non-hydrogen) atoms. The molecule has 0 radical (unpaired) electrons. The van der Waals surface area contributed by atoms with Crippen LogP contribution in [0.5, 0.6) is 0 Å². The van der Waals surface area contributed by atoms with Gasteiger partial charge in [-0.05, 0) is 51.9 Å². The molecular weight excluding hydrogens is 270 g/mol. The second-order valence-corrected chi connectivity index (χ2v) is 5.92. The van der Waals surface area contributed by atoms with E-state index in [1.165, 1.54) is 12.8 Å². The molecule has 0 atom stereocenters. The predicted molar refractivity (Wildman–Crippen MR) is 77.5 cm³/mol. The second kappa shape index (κ2) is 6.53. The number of hydrogen-bond donors (Lipinski definition) is 2. The minimum atomic E-state index is -0.962. The largest absolute Gasteiger partial charge is 0.476 e. The number of carboxylic acid groups (broad SMARTS) is 1.